The van der Waals surface area contributed by atoms with Crippen LogP contribution >= 0.6 is 0 Å². The summed E-state index contributed by atoms with van der Waals surface area (Å²) in [6.07, 6.45) is 8.99. The minimum Gasteiger partial charge on any atom is -0.354 e. The van der Waals surface area contributed by atoms with E-state index in [4.69, 9.17) is 0 Å². The summed E-state index contributed by atoms with van der Waals surface area (Å²) in [4.78, 5) is 17.7. The predicted octanol–water partition coefficient (Wildman–Crippen LogP) is 1.38. The average Bonchev–Trinajstić information content (AvgIpc) is 3.18. The maximum absolute atomic E-state index is 4.43. The minimum absolute atomic E-state index is 0.794. The van der Waals surface area contributed by atoms with Crippen LogP contribution in [0.5, 0.6) is 0 Å². The molecule has 1 aliphatic heterocycles. The summed E-state index contributed by atoms with van der Waals surface area (Å²) in [5.74, 6) is 1.75. The molecule has 0 unspecified atom stereocenters. The second kappa shape index (κ2) is 6.76. The molecule has 7 heteroatoms. The highest BCUT2D eigenvalue weighted by Gasteiger charge is 2.18. The second-order valence-corrected chi connectivity index (χ2v) is 5.81. The van der Waals surface area contributed by atoms with Crippen molar-refractivity contribution >= 4 is 5.82 Å². The first-order chi connectivity index (χ1) is 11.9. The van der Waals surface area contributed by atoms with Crippen LogP contribution in [0.2, 0.25) is 0 Å². The van der Waals surface area contributed by atoms with Gasteiger partial charge in [0.1, 0.15) is 12.1 Å². The third-order valence-corrected chi connectivity index (χ3v) is 4.20. The first-order valence-electron chi connectivity index (χ1n) is 8.07. The molecule has 4 heterocycles. The highest BCUT2D eigenvalue weighted by Crippen LogP contribution is 2.16. The zero-order chi connectivity index (χ0) is 16.2. The van der Waals surface area contributed by atoms with Crippen LogP contribution in [-0.2, 0) is 6.54 Å². The summed E-state index contributed by atoms with van der Waals surface area (Å²) < 4.78 is 1.75. The van der Waals surface area contributed by atoms with E-state index in [-0.39, 0.29) is 0 Å². The lowest BCUT2D eigenvalue weighted by Crippen LogP contribution is -2.46. The van der Waals surface area contributed by atoms with Crippen LogP contribution in [0, 0.1) is 0 Å². The summed E-state index contributed by atoms with van der Waals surface area (Å²) in [5.41, 5.74) is 1.26. The summed E-state index contributed by atoms with van der Waals surface area (Å²) in [7, 11) is 0. The fourth-order valence-electron chi connectivity index (χ4n) is 2.92. The molecular weight excluding hydrogens is 302 g/mol. The number of nitrogens with zero attached hydrogens (tertiary/aromatic N) is 7. The van der Waals surface area contributed by atoms with Crippen molar-refractivity contribution in [2.45, 2.75) is 6.54 Å². The smallest absolute Gasteiger partial charge is 0.158 e. The van der Waals surface area contributed by atoms with Crippen molar-refractivity contribution < 1.29 is 0 Å². The van der Waals surface area contributed by atoms with E-state index in [0.29, 0.717) is 0 Å². The summed E-state index contributed by atoms with van der Waals surface area (Å²) >= 11 is 0. The Morgan fingerprint density at radius 2 is 1.83 bits per heavy atom. The highest BCUT2D eigenvalue weighted by molar-refractivity contribution is 5.43. The van der Waals surface area contributed by atoms with E-state index in [1.807, 2.05) is 36.8 Å². The Kier molecular flexibility index (Phi) is 4.16. The molecule has 3 aromatic heterocycles. The SMILES string of the molecule is c1cncc(CN2CCN(c3cc(-n4cccn4)ncn3)CC2)c1. The van der Waals surface area contributed by atoms with Crippen molar-refractivity contribution in [1.82, 2.24) is 29.6 Å². The number of rotatable bonds is 4. The van der Waals surface area contributed by atoms with E-state index in [9.17, 15) is 0 Å². The van der Waals surface area contributed by atoms with Crippen molar-refractivity contribution in [3.8, 4) is 5.82 Å². The molecule has 1 aliphatic rings. The minimum atomic E-state index is 0.794. The first kappa shape index (κ1) is 14.8. The fraction of sp³-hybridized carbons (Fsp3) is 0.294. The molecule has 0 spiro atoms. The van der Waals surface area contributed by atoms with Crippen LogP contribution < -0.4 is 4.90 Å². The normalized spacial score (nSPS) is 15.6. The van der Waals surface area contributed by atoms with Crippen molar-refractivity contribution in [2.75, 3.05) is 31.1 Å². The van der Waals surface area contributed by atoms with Gasteiger partial charge in [-0.2, -0.15) is 5.10 Å². The molecular formula is C17H19N7. The van der Waals surface area contributed by atoms with Crippen molar-refractivity contribution in [3.05, 3.63) is 60.9 Å². The largest absolute Gasteiger partial charge is 0.354 e. The van der Waals surface area contributed by atoms with Crippen LogP contribution in [0.4, 0.5) is 5.82 Å². The summed E-state index contributed by atoms with van der Waals surface area (Å²) in [5, 5.41) is 4.23. The molecule has 0 saturated carbocycles. The van der Waals surface area contributed by atoms with E-state index in [1.165, 1.54) is 5.56 Å². The van der Waals surface area contributed by atoms with Gasteiger partial charge >= 0.3 is 0 Å². The van der Waals surface area contributed by atoms with Gasteiger partial charge < -0.3 is 4.90 Å². The molecule has 0 aromatic carbocycles. The molecule has 1 saturated heterocycles. The average molecular weight is 321 g/mol. The first-order valence-corrected chi connectivity index (χ1v) is 8.07. The van der Waals surface area contributed by atoms with Crippen molar-refractivity contribution in [2.24, 2.45) is 0 Å². The van der Waals surface area contributed by atoms with Crippen LogP contribution in [0.25, 0.3) is 5.82 Å². The van der Waals surface area contributed by atoms with E-state index in [0.717, 1.165) is 44.4 Å². The zero-order valence-electron chi connectivity index (χ0n) is 13.4. The molecule has 0 N–H and O–H groups in total. The van der Waals surface area contributed by atoms with E-state index in [2.05, 4.69) is 35.9 Å². The van der Waals surface area contributed by atoms with Gasteiger partial charge in [-0.15, -0.1) is 0 Å². The Balaban J connectivity index is 1.40. The second-order valence-electron chi connectivity index (χ2n) is 5.81. The lowest BCUT2D eigenvalue weighted by molar-refractivity contribution is 0.249. The zero-order valence-corrected chi connectivity index (χ0v) is 13.4. The maximum atomic E-state index is 4.43. The Hall–Kier alpha value is -2.80. The van der Waals surface area contributed by atoms with E-state index < -0.39 is 0 Å². The standard InChI is InChI=1S/C17H19N7/c1-3-15(12-18-4-1)13-22-7-9-23(10-8-22)16-11-17(20-14-19-16)24-6-2-5-21-24/h1-6,11-12,14H,7-10,13H2. The van der Waals surface area contributed by atoms with Gasteiger partial charge in [-0.1, -0.05) is 6.07 Å². The van der Waals surface area contributed by atoms with Gasteiger partial charge in [-0.3, -0.25) is 9.88 Å². The summed E-state index contributed by atoms with van der Waals surface area (Å²) in [6, 6.07) is 7.99. The number of aromatic nitrogens is 5. The van der Waals surface area contributed by atoms with Crippen LogP contribution in [0.3, 0.4) is 0 Å². The van der Waals surface area contributed by atoms with Crippen molar-refractivity contribution in [1.29, 1.82) is 0 Å². The predicted molar refractivity (Wildman–Crippen MR) is 90.9 cm³/mol. The monoisotopic (exact) mass is 321 g/mol. The molecule has 24 heavy (non-hydrogen) atoms. The van der Waals surface area contributed by atoms with Crippen LogP contribution in [0.15, 0.2) is 55.4 Å². The number of piperazine rings is 1. The third kappa shape index (κ3) is 3.26. The number of hydrogen-bond donors (Lipinski definition) is 0. The van der Waals surface area contributed by atoms with Gasteiger partial charge in [-0.25, -0.2) is 14.6 Å². The van der Waals surface area contributed by atoms with E-state index >= 15 is 0 Å². The topological polar surface area (TPSA) is 63.0 Å². The Bertz CT molecular complexity index is 765. The number of anilines is 1. The molecule has 0 atom stereocenters. The summed E-state index contributed by atoms with van der Waals surface area (Å²) in [6.45, 7) is 4.88. The lowest BCUT2D eigenvalue weighted by atomic mass is 10.2. The van der Waals surface area contributed by atoms with E-state index in [1.54, 1.807) is 17.2 Å². The molecule has 0 radical (unpaired) electrons. The lowest BCUT2D eigenvalue weighted by Gasteiger charge is -2.35. The van der Waals surface area contributed by atoms with Gasteiger partial charge in [0.25, 0.3) is 0 Å². The highest BCUT2D eigenvalue weighted by atomic mass is 15.3. The fourth-order valence-corrected chi connectivity index (χ4v) is 2.92. The molecule has 1 fully saturated rings. The molecule has 0 aliphatic carbocycles. The Morgan fingerprint density at radius 3 is 2.58 bits per heavy atom. The Labute approximate surface area is 140 Å². The van der Waals surface area contributed by atoms with Gasteiger partial charge in [0.05, 0.1) is 0 Å². The van der Waals surface area contributed by atoms with Gasteiger partial charge in [0, 0.05) is 63.6 Å². The molecule has 7 nitrogen and oxygen atoms in total. The van der Waals surface area contributed by atoms with Gasteiger partial charge in [0.2, 0.25) is 0 Å². The van der Waals surface area contributed by atoms with Gasteiger partial charge in [-0.05, 0) is 17.7 Å². The quantitative estimate of drug-likeness (QED) is 0.723. The maximum Gasteiger partial charge on any atom is 0.158 e. The molecule has 122 valence electrons. The third-order valence-electron chi connectivity index (χ3n) is 4.20. The van der Waals surface area contributed by atoms with Gasteiger partial charge in [0.15, 0.2) is 5.82 Å². The molecule has 4 rings (SSSR count). The molecule has 0 amide bonds. The number of hydrogen-bond acceptors (Lipinski definition) is 6. The number of pyridine rings is 1. The Morgan fingerprint density at radius 1 is 0.958 bits per heavy atom. The molecule has 0 bridgehead atoms. The van der Waals surface area contributed by atoms with Crippen LogP contribution in [-0.4, -0.2) is 55.8 Å². The van der Waals surface area contributed by atoms with Crippen LogP contribution in [0.1, 0.15) is 5.56 Å². The van der Waals surface area contributed by atoms with Crippen molar-refractivity contribution in [3.63, 3.8) is 0 Å². The molecule has 3 aromatic rings.